The van der Waals surface area contributed by atoms with Gasteiger partial charge in [0.25, 0.3) is 0 Å². The van der Waals surface area contributed by atoms with Crippen molar-refractivity contribution in [3.05, 3.63) is 77.0 Å². The molecule has 0 aliphatic rings. The van der Waals surface area contributed by atoms with Crippen molar-refractivity contribution in [2.75, 3.05) is 12.0 Å². The summed E-state index contributed by atoms with van der Waals surface area (Å²) in [4.78, 5) is 23.0. The molecule has 31 heavy (non-hydrogen) atoms. The molecule has 6 nitrogen and oxygen atoms in total. The van der Waals surface area contributed by atoms with Crippen LogP contribution in [0.25, 0.3) is 5.69 Å². The van der Waals surface area contributed by atoms with E-state index >= 15 is 0 Å². The third-order valence-corrected chi connectivity index (χ3v) is 6.51. The summed E-state index contributed by atoms with van der Waals surface area (Å²) in [5.74, 6) is 1.29. The molecule has 0 fully saturated rings. The second kappa shape index (κ2) is 9.55. The number of hydrogen-bond donors (Lipinski definition) is 0. The van der Waals surface area contributed by atoms with E-state index < -0.39 is 0 Å². The van der Waals surface area contributed by atoms with Gasteiger partial charge in [0.15, 0.2) is 10.3 Å². The summed E-state index contributed by atoms with van der Waals surface area (Å²) in [6.07, 6.45) is 3.69. The summed E-state index contributed by atoms with van der Waals surface area (Å²) < 4.78 is 7.33. The van der Waals surface area contributed by atoms with Crippen LogP contribution in [0.2, 0.25) is 5.02 Å². The first kappa shape index (κ1) is 21.4. The lowest BCUT2D eigenvalue weighted by Crippen LogP contribution is -2.22. The number of carbonyl (C=O) groups is 1. The predicted octanol–water partition coefficient (Wildman–Crippen LogP) is 5.97. The molecule has 158 valence electrons. The first-order valence-electron chi connectivity index (χ1n) is 9.36. The number of methoxy groups -OCH3 is 1. The average molecular weight is 471 g/mol. The second-order valence-electron chi connectivity index (χ2n) is 6.53. The molecule has 0 bridgehead atoms. The average Bonchev–Trinajstić information content (AvgIpc) is 3.42. The van der Waals surface area contributed by atoms with Crippen LogP contribution in [0.4, 0.5) is 10.8 Å². The number of hydrogen-bond acceptors (Lipinski definition) is 6. The number of benzene rings is 2. The van der Waals surface area contributed by atoms with Crippen LogP contribution in [0.3, 0.4) is 0 Å². The minimum Gasteiger partial charge on any atom is -0.497 e. The Morgan fingerprint density at radius 2 is 2.10 bits per heavy atom. The van der Waals surface area contributed by atoms with E-state index in [2.05, 4.69) is 9.97 Å². The van der Waals surface area contributed by atoms with E-state index in [1.54, 1.807) is 42.1 Å². The normalized spacial score (nSPS) is 10.8. The molecule has 0 radical (unpaired) electrons. The maximum atomic E-state index is 12.3. The van der Waals surface area contributed by atoms with Crippen LogP contribution in [0.15, 0.2) is 71.5 Å². The molecule has 0 saturated heterocycles. The number of rotatable bonds is 7. The van der Waals surface area contributed by atoms with Gasteiger partial charge in [-0.25, -0.2) is 9.97 Å². The lowest BCUT2D eigenvalue weighted by Gasteiger charge is -2.18. The fourth-order valence-electron chi connectivity index (χ4n) is 3.00. The van der Waals surface area contributed by atoms with Crippen molar-refractivity contribution in [1.29, 1.82) is 0 Å². The molecule has 2 heterocycles. The van der Waals surface area contributed by atoms with Gasteiger partial charge in [-0.05, 0) is 30.3 Å². The number of anilines is 2. The number of ether oxygens (including phenoxy) is 1. The van der Waals surface area contributed by atoms with Crippen LogP contribution in [-0.4, -0.2) is 27.6 Å². The zero-order valence-electron chi connectivity index (χ0n) is 16.9. The Morgan fingerprint density at radius 1 is 1.26 bits per heavy atom. The van der Waals surface area contributed by atoms with E-state index in [1.165, 1.54) is 18.3 Å². The van der Waals surface area contributed by atoms with Crippen molar-refractivity contribution in [3.63, 3.8) is 0 Å². The Balaban J connectivity index is 1.51. The van der Waals surface area contributed by atoms with Crippen LogP contribution in [0.5, 0.6) is 5.75 Å². The molecule has 0 aliphatic carbocycles. The highest BCUT2D eigenvalue weighted by Crippen LogP contribution is 2.32. The van der Waals surface area contributed by atoms with Gasteiger partial charge in [0, 0.05) is 41.5 Å². The van der Waals surface area contributed by atoms with Crippen molar-refractivity contribution in [2.24, 2.45) is 0 Å². The van der Waals surface area contributed by atoms with E-state index in [0.29, 0.717) is 21.6 Å². The standard InChI is InChI=1S/C22H19ClN4O2S2/c1-15(28)27(19-7-3-5-16(23)11-19)22-25-17(14-31-22)13-30-21-24-9-10-26(21)18-6-4-8-20(12-18)29-2/h3-12,14H,13H2,1-2H3. The predicted molar refractivity (Wildman–Crippen MR) is 126 cm³/mol. The number of imidazole rings is 1. The summed E-state index contributed by atoms with van der Waals surface area (Å²) in [5.41, 5.74) is 2.54. The molecule has 2 aromatic carbocycles. The van der Waals surface area contributed by atoms with Crippen molar-refractivity contribution < 1.29 is 9.53 Å². The molecule has 0 spiro atoms. The topological polar surface area (TPSA) is 60.2 Å². The van der Waals surface area contributed by atoms with E-state index in [4.69, 9.17) is 16.3 Å². The van der Waals surface area contributed by atoms with Gasteiger partial charge in [-0.2, -0.15) is 0 Å². The number of thioether (sulfide) groups is 1. The first-order valence-corrected chi connectivity index (χ1v) is 11.6. The van der Waals surface area contributed by atoms with Gasteiger partial charge in [0.2, 0.25) is 5.91 Å². The summed E-state index contributed by atoms with van der Waals surface area (Å²) >= 11 is 9.10. The third-order valence-electron chi connectivity index (χ3n) is 4.40. The summed E-state index contributed by atoms with van der Waals surface area (Å²) in [7, 11) is 1.65. The van der Waals surface area contributed by atoms with Crippen molar-refractivity contribution in [3.8, 4) is 11.4 Å². The first-order chi connectivity index (χ1) is 15.0. The number of amides is 1. The number of nitrogens with zero attached hydrogens (tertiary/aromatic N) is 4. The van der Waals surface area contributed by atoms with E-state index in [-0.39, 0.29) is 5.91 Å². The van der Waals surface area contributed by atoms with Crippen LogP contribution < -0.4 is 9.64 Å². The monoisotopic (exact) mass is 470 g/mol. The molecule has 0 N–H and O–H groups in total. The quantitative estimate of drug-likeness (QED) is 0.311. The van der Waals surface area contributed by atoms with Crippen LogP contribution in [-0.2, 0) is 10.5 Å². The molecule has 0 atom stereocenters. The van der Waals surface area contributed by atoms with Crippen LogP contribution in [0, 0.1) is 0 Å². The highest BCUT2D eigenvalue weighted by atomic mass is 35.5. The Hall–Kier alpha value is -2.81. The van der Waals surface area contributed by atoms with Gasteiger partial charge >= 0.3 is 0 Å². The molecular weight excluding hydrogens is 452 g/mol. The maximum absolute atomic E-state index is 12.3. The highest BCUT2D eigenvalue weighted by molar-refractivity contribution is 7.98. The SMILES string of the molecule is COc1cccc(-n2ccnc2SCc2csc(N(C(C)=O)c3cccc(Cl)c3)n2)c1. The van der Waals surface area contributed by atoms with Crippen LogP contribution in [0.1, 0.15) is 12.6 Å². The van der Waals surface area contributed by atoms with Gasteiger partial charge in [0.05, 0.1) is 24.2 Å². The molecule has 4 aromatic rings. The van der Waals surface area contributed by atoms with Crippen LogP contribution >= 0.6 is 34.7 Å². The highest BCUT2D eigenvalue weighted by Gasteiger charge is 2.18. The lowest BCUT2D eigenvalue weighted by atomic mass is 10.3. The summed E-state index contributed by atoms with van der Waals surface area (Å²) in [6, 6.07) is 15.0. The van der Waals surface area contributed by atoms with Crippen molar-refractivity contribution in [2.45, 2.75) is 17.8 Å². The van der Waals surface area contributed by atoms with Gasteiger partial charge in [-0.3, -0.25) is 14.3 Å². The van der Waals surface area contributed by atoms with Crippen molar-refractivity contribution >= 4 is 51.4 Å². The number of halogens is 1. The summed E-state index contributed by atoms with van der Waals surface area (Å²) in [5, 5.41) is 3.99. The molecule has 0 saturated carbocycles. The number of thiazole rings is 1. The zero-order chi connectivity index (χ0) is 21.8. The molecule has 0 unspecified atom stereocenters. The lowest BCUT2D eigenvalue weighted by molar-refractivity contribution is -0.115. The molecule has 2 aromatic heterocycles. The Labute approximate surface area is 193 Å². The largest absolute Gasteiger partial charge is 0.497 e. The fraction of sp³-hybridized carbons (Fsp3) is 0.136. The molecule has 0 aliphatic heterocycles. The van der Waals surface area contributed by atoms with E-state index in [1.807, 2.05) is 52.5 Å². The summed E-state index contributed by atoms with van der Waals surface area (Å²) in [6.45, 7) is 1.52. The zero-order valence-corrected chi connectivity index (χ0v) is 19.2. The Morgan fingerprint density at radius 3 is 2.87 bits per heavy atom. The molecule has 1 amide bonds. The number of carbonyl (C=O) groups excluding carboxylic acids is 1. The van der Waals surface area contributed by atoms with Crippen molar-refractivity contribution in [1.82, 2.24) is 14.5 Å². The molecule has 4 rings (SSSR count). The van der Waals surface area contributed by atoms with E-state index in [9.17, 15) is 4.79 Å². The van der Waals surface area contributed by atoms with Gasteiger partial charge in [-0.15, -0.1) is 11.3 Å². The maximum Gasteiger partial charge on any atom is 0.230 e. The smallest absolute Gasteiger partial charge is 0.230 e. The minimum atomic E-state index is -0.121. The van der Waals surface area contributed by atoms with Gasteiger partial charge in [0.1, 0.15) is 5.75 Å². The third kappa shape index (κ3) is 4.92. The molecule has 9 heteroatoms. The van der Waals surface area contributed by atoms with Gasteiger partial charge in [-0.1, -0.05) is 35.5 Å². The molecular formula is C22H19ClN4O2S2. The Kier molecular flexibility index (Phi) is 6.60. The minimum absolute atomic E-state index is 0.121. The fourth-order valence-corrected chi connectivity index (χ4v) is 5.04. The van der Waals surface area contributed by atoms with E-state index in [0.717, 1.165) is 22.3 Å². The van der Waals surface area contributed by atoms with Gasteiger partial charge < -0.3 is 4.74 Å². The second-order valence-corrected chi connectivity index (χ2v) is 8.74. The number of aromatic nitrogens is 3. The Bertz CT molecular complexity index is 1210.